The Balaban J connectivity index is 2.01. The molecule has 0 aliphatic rings. The maximum Gasteiger partial charge on any atom is 0.0701 e. The van der Waals surface area contributed by atoms with E-state index in [0.29, 0.717) is 19.8 Å². The predicted octanol–water partition coefficient (Wildman–Crippen LogP) is 2.29. The first-order chi connectivity index (χ1) is 8.86. The van der Waals surface area contributed by atoms with Crippen LogP contribution in [0.15, 0.2) is 30.8 Å². The van der Waals surface area contributed by atoms with Gasteiger partial charge in [0.1, 0.15) is 0 Å². The smallest absolute Gasteiger partial charge is 0.0701 e. The fourth-order valence-electron chi connectivity index (χ4n) is 1.59. The summed E-state index contributed by atoms with van der Waals surface area (Å²) in [4.78, 5) is 0. The molecule has 0 aromatic heterocycles. The van der Waals surface area contributed by atoms with Crippen LogP contribution in [0.2, 0.25) is 0 Å². The van der Waals surface area contributed by atoms with E-state index in [2.05, 4.69) is 30.8 Å². The number of rotatable bonds is 10. The third-order valence-electron chi connectivity index (χ3n) is 2.58. The van der Waals surface area contributed by atoms with E-state index in [4.69, 9.17) is 14.6 Å². The first-order valence-corrected chi connectivity index (χ1v) is 6.34. The lowest BCUT2D eigenvalue weighted by molar-refractivity contribution is 0.0326. The Morgan fingerprint density at radius 1 is 1.00 bits per heavy atom. The van der Waals surface area contributed by atoms with Crippen molar-refractivity contribution in [3.05, 3.63) is 42.0 Å². The molecule has 0 atom stereocenters. The van der Waals surface area contributed by atoms with Gasteiger partial charge in [-0.3, -0.25) is 0 Å². The lowest BCUT2D eigenvalue weighted by Gasteiger charge is -2.05. The Hall–Kier alpha value is -1.16. The van der Waals surface area contributed by atoms with E-state index in [9.17, 15) is 0 Å². The SMILES string of the molecule is C=Cc1ccc(CCCOCCOCCO)cc1. The summed E-state index contributed by atoms with van der Waals surface area (Å²) in [5.74, 6) is 0. The second kappa shape index (κ2) is 9.83. The molecule has 0 radical (unpaired) electrons. The maximum absolute atomic E-state index is 8.50. The third kappa shape index (κ3) is 6.55. The lowest BCUT2D eigenvalue weighted by Crippen LogP contribution is -2.08. The molecule has 0 saturated heterocycles. The Morgan fingerprint density at radius 2 is 1.67 bits per heavy atom. The average Bonchev–Trinajstić information content (AvgIpc) is 2.42. The molecule has 0 aliphatic heterocycles. The minimum Gasteiger partial charge on any atom is -0.394 e. The number of aliphatic hydroxyl groups is 1. The molecule has 18 heavy (non-hydrogen) atoms. The van der Waals surface area contributed by atoms with E-state index >= 15 is 0 Å². The van der Waals surface area contributed by atoms with Crippen molar-refractivity contribution < 1.29 is 14.6 Å². The Morgan fingerprint density at radius 3 is 2.28 bits per heavy atom. The molecule has 0 saturated carbocycles. The van der Waals surface area contributed by atoms with Gasteiger partial charge in [-0.25, -0.2) is 0 Å². The van der Waals surface area contributed by atoms with Gasteiger partial charge in [-0.1, -0.05) is 36.9 Å². The summed E-state index contributed by atoms with van der Waals surface area (Å²) in [5, 5.41) is 8.50. The van der Waals surface area contributed by atoms with Crippen molar-refractivity contribution >= 4 is 6.08 Å². The quantitative estimate of drug-likeness (QED) is 0.647. The maximum atomic E-state index is 8.50. The first-order valence-electron chi connectivity index (χ1n) is 6.34. The Bertz CT molecular complexity index is 319. The summed E-state index contributed by atoms with van der Waals surface area (Å²) < 4.78 is 10.5. The molecule has 1 aromatic carbocycles. The molecule has 0 unspecified atom stereocenters. The van der Waals surface area contributed by atoms with Crippen LogP contribution >= 0.6 is 0 Å². The molecular formula is C15H22O3. The molecule has 0 heterocycles. The van der Waals surface area contributed by atoms with Gasteiger partial charge in [0, 0.05) is 6.61 Å². The highest BCUT2D eigenvalue weighted by molar-refractivity contribution is 5.47. The van der Waals surface area contributed by atoms with Gasteiger partial charge in [-0.15, -0.1) is 0 Å². The molecule has 100 valence electrons. The molecular weight excluding hydrogens is 228 g/mol. The van der Waals surface area contributed by atoms with Crippen LogP contribution in [0, 0.1) is 0 Å². The molecule has 0 bridgehead atoms. The highest BCUT2D eigenvalue weighted by Crippen LogP contribution is 2.07. The molecule has 0 spiro atoms. The molecule has 1 rings (SSSR count). The summed E-state index contributed by atoms with van der Waals surface area (Å²) in [6, 6.07) is 8.40. The minimum absolute atomic E-state index is 0.0701. The molecule has 1 aromatic rings. The van der Waals surface area contributed by atoms with Gasteiger partial charge in [0.15, 0.2) is 0 Å². The highest BCUT2D eigenvalue weighted by Gasteiger charge is 1.94. The minimum atomic E-state index is 0.0701. The fourth-order valence-corrected chi connectivity index (χ4v) is 1.59. The largest absolute Gasteiger partial charge is 0.394 e. The van der Waals surface area contributed by atoms with Gasteiger partial charge < -0.3 is 14.6 Å². The van der Waals surface area contributed by atoms with Crippen LogP contribution in [0.1, 0.15) is 17.5 Å². The molecule has 0 aliphatic carbocycles. The van der Waals surface area contributed by atoms with Crippen LogP contribution in [0.3, 0.4) is 0 Å². The van der Waals surface area contributed by atoms with Gasteiger partial charge >= 0.3 is 0 Å². The molecule has 0 fully saturated rings. The summed E-state index contributed by atoms with van der Waals surface area (Å²) in [5.41, 5.74) is 2.47. The summed E-state index contributed by atoms with van der Waals surface area (Å²) in [7, 11) is 0. The van der Waals surface area contributed by atoms with E-state index in [1.54, 1.807) is 0 Å². The molecule has 3 nitrogen and oxygen atoms in total. The summed E-state index contributed by atoms with van der Waals surface area (Å²) >= 11 is 0. The first kappa shape index (κ1) is 14.9. The van der Waals surface area contributed by atoms with Crippen molar-refractivity contribution in [3.63, 3.8) is 0 Å². The van der Waals surface area contributed by atoms with Gasteiger partial charge in [0.05, 0.1) is 26.4 Å². The average molecular weight is 250 g/mol. The number of hydrogen-bond donors (Lipinski definition) is 1. The summed E-state index contributed by atoms with van der Waals surface area (Å²) in [6.07, 6.45) is 3.88. The zero-order chi connectivity index (χ0) is 13.1. The van der Waals surface area contributed by atoms with Crippen molar-refractivity contribution in [2.75, 3.05) is 33.0 Å². The predicted molar refractivity (Wildman–Crippen MR) is 73.6 cm³/mol. The van der Waals surface area contributed by atoms with E-state index in [1.807, 2.05) is 6.08 Å². The number of benzene rings is 1. The van der Waals surface area contributed by atoms with E-state index < -0.39 is 0 Å². The van der Waals surface area contributed by atoms with Gasteiger partial charge in [0.25, 0.3) is 0 Å². The van der Waals surface area contributed by atoms with Crippen LogP contribution in [-0.4, -0.2) is 38.1 Å². The van der Waals surface area contributed by atoms with Crippen LogP contribution in [0.5, 0.6) is 0 Å². The van der Waals surface area contributed by atoms with Crippen molar-refractivity contribution in [2.45, 2.75) is 12.8 Å². The van der Waals surface area contributed by atoms with Gasteiger partial charge in [0.2, 0.25) is 0 Å². The lowest BCUT2D eigenvalue weighted by atomic mass is 10.1. The molecule has 1 N–H and O–H groups in total. The van der Waals surface area contributed by atoms with Crippen molar-refractivity contribution in [1.29, 1.82) is 0 Å². The summed E-state index contributed by atoms with van der Waals surface area (Å²) in [6.45, 7) is 6.07. The normalized spacial score (nSPS) is 10.5. The van der Waals surface area contributed by atoms with E-state index in [1.165, 1.54) is 5.56 Å². The van der Waals surface area contributed by atoms with Crippen LogP contribution in [0.25, 0.3) is 6.08 Å². The standard InChI is InChI=1S/C15H22O3/c1-2-14-5-7-15(8-6-14)4-3-10-17-12-13-18-11-9-16/h2,5-8,16H,1,3-4,9-13H2. The number of ether oxygens (including phenoxy) is 2. The second-order valence-corrected chi connectivity index (χ2v) is 4.00. The van der Waals surface area contributed by atoms with Crippen LogP contribution in [0.4, 0.5) is 0 Å². The Kier molecular flexibility index (Phi) is 8.13. The fraction of sp³-hybridized carbons (Fsp3) is 0.467. The van der Waals surface area contributed by atoms with Crippen LogP contribution in [-0.2, 0) is 15.9 Å². The van der Waals surface area contributed by atoms with Crippen molar-refractivity contribution in [3.8, 4) is 0 Å². The molecule has 3 heteroatoms. The zero-order valence-electron chi connectivity index (χ0n) is 10.8. The Labute approximate surface area is 109 Å². The van der Waals surface area contributed by atoms with Crippen molar-refractivity contribution in [2.24, 2.45) is 0 Å². The topological polar surface area (TPSA) is 38.7 Å². The monoisotopic (exact) mass is 250 g/mol. The van der Waals surface area contributed by atoms with E-state index in [0.717, 1.165) is 25.0 Å². The second-order valence-electron chi connectivity index (χ2n) is 4.00. The van der Waals surface area contributed by atoms with Crippen molar-refractivity contribution in [1.82, 2.24) is 0 Å². The number of aryl methyl sites for hydroxylation is 1. The third-order valence-corrected chi connectivity index (χ3v) is 2.58. The van der Waals surface area contributed by atoms with Gasteiger partial charge in [-0.2, -0.15) is 0 Å². The van der Waals surface area contributed by atoms with E-state index in [-0.39, 0.29) is 6.61 Å². The molecule has 0 amide bonds. The highest BCUT2D eigenvalue weighted by atomic mass is 16.5. The number of hydrogen-bond acceptors (Lipinski definition) is 3. The van der Waals surface area contributed by atoms with Crippen LogP contribution < -0.4 is 0 Å². The van der Waals surface area contributed by atoms with Gasteiger partial charge in [-0.05, 0) is 24.0 Å². The zero-order valence-corrected chi connectivity index (χ0v) is 10.8. The number of aliphatic hydroxyl groups excluding tert-OH is 1.